The lowest BCUT2D eigenvalue weighted by atomic mass is 9.95. The van der Waals surface area contributed by atoms with Crippen LogP contribution in [-0.2, 0) is 15.8 Å². The van der Waals surface area contributed by atoms with Gasteiger partial charge in [-0.25, -0.2) is 0 Å². The first-order valence-corrected chi connectivity index (χ1v) is 21.1. The van der Waals surface area contributed by atoms with Gasteiger partial charge in [0.05, 0.1) is 28.3 Å². The summed E-state index contributed by atoms with van der Waals surface area (Å²) in [4.78, 5) is 74.4. The normalized spacial score (nSPS) is 24.8. The number of hydrogen-bond acceptors (Lipinski definition) is 10. The molecule has 9 rings (SSSR count). The van der Waals surface area contributed by atoms with Crippen molar-refractivity contribution in [3.8, 4) is 11.8 Å². The summed E-state index contributed by atoms with van der Waals surface area (Å²) in [6.07, 6.45) is -0.122. The highest BCUT2D eigenvalue weighted by Gasteiger charge is 2.46. The van der Waals surface area contributed by atoms with Crippen LogP contribution in [0.5, 0.6) is 5.75 Å². The molecule has 2 bridgehead atoms. The lowest BCUT2D eigenvalue weighted by molar-refractivity contribution is -0.138. The summed E-state index contributed by atoms with van der Waals surface area (Å²) in [7, 11) is 0. The van der Waals surface area contributed by atoms with Crippen molar-refractivity contribution in [1.82, 2.24) is 20.0 Å². The van der Waals surface area contributed by atoms with Crippen molar-refractivity contribution in [2.24, 2.45) is 5.92 Å². The summed E-state index contributed by atoms with van der Waals surface area (Å²) in [5.74, 6) is -1.46. The number of imide groups is 2. The molecule has 13 nitrogen and oxygen atoms in total. The molecular weight excluding hydrogens is 792 g/mol. The van der Waals surface area contributed by atoms with Gasteiger partial charge in [-0.3, -0.25) is 39.1 Å². The third-order valence-electron chi connectivity index (χ3n) is 13.4. The van der Waals surface area contributed by atoms with Crippen LogP contribution < -0.4 is 19.9 Å². The van der Waals surface area contributed by atoms with Gasteiger partial charge in [-0.2, -0.15) is 18.4 Å². The molecule has 61 heavy (non-hydrogen) atoms. The maximum atomic E-state index is 13.8. The number of carbonyl (C=O) groups excluding carboxylic acids is 5. The van der Waals surface area contributed by atoms with E-state index in [1.165, 1.54) is 6.07 Å². The summed E-state index contributed by atoms with van der Waals surface area (Å²) in [5.41, 5.74) is 1.67. The maximum Gasteiger partial charge on any atom is 0.417 e. The number of anilines is 2. The van der Waals surface area contributed by atoms with Gasteiger partial charge in [0.25, 0.3) is 17.7 Å². The van der Waals surface area contributed by atoms with Crippen molar-refractivity contribution in [1.29, 1.82) is 5.26 Å². The summed E-state index contributed by atoms with van der Waals surface area (Å²) in [6, 6.07) is 17.0. The van der Waals surface area contributed by atoms with Gasteiger partial charge < -0.3 is 19.4 Å². The predicted octanol–water partition coefficient (Wildman–Crippen LogP) is 5.23. The molecule has 318 valence electrons. The second-order valence-corrected chi connectivity index (χ2v) is 17.1. The first kappa shape index (κ1) is 40.5. The van der Waals surface area contributed by atoms with Gasteiger partial charge >= 0.3 is 6.18 Å². The highest BCUT2D eigenvalue weighted by molar-refractivity contribution is 6.23. The Hall–Kier alpha value is -5.95. The van der Waals surface area contributed by atoms with E-state index in [0.29, 0.717) is 29.9 Å². The molecule has 0 saturated carbocycles. The Morgan fingerprint density at radius 1 is 0.770 bits per heavy atom. The number of fused-ring (bicyclic) bond motifs is 3. The lowest BCUT2D eigenvalue weighted by Crippen LogP contribution is -2.54. The van der Waals surface area contributed by atoms with Crippen molar-refractivity contribution >= 4 is 40.9 Å². The zero-order valence-corrected chi connectivity index (χ0v) is 33.5. The van der Waals surface area contributed by atoms with E-state index < -0.39 is 47.0 Å². The monoisotopic (exact) mass is 837 g/mol. The van der Waals surface area contributed by atoms with E-state index in [4.69, 9.17) is 10.00 Å². The Kier molecular flexibility index (Phi) is 10.7. The smallest absolute Gasteiger partial charge is 0.417 e. The number of amides is 5. The molecular formula is C45H46F3N7O6. The Morgan fingerprint density at radius 2 is 1.43 bits per heavy atom. The Balaban J connectivity index is 0.731. The zero-order valence-electron chi connectivity index (χ0n) is 33.5. The van der Waals surface area contributed by atoms with Crippen molar-refractivity contribution in [3.63, 3.8) is 0 Å². The number of nitrogens with zero attached hydrogens (tertiary/aromatic N) is 6. The molecule has 5 saturated heterocycles. The van der Waals surface area contributed by atoms with Crippen molar-refractivity contribution in [2.75, 3.05) is 55.6 Å². The van der Waals surface area contributed by atoms with Gasteiger partial charge in [0.1, 0.15) is 17.9 Å². The van der Waals surface area contributed by atoms with Crippen molar-refractivity contribution in [3.05, 3.63) is 88.5 Å². The summed E-state index contributed by atoms with van der Waals surface area (Å²) in [5, 5.41) is 11.4. The van der Waals surface area contributed by atoms with Crippen molar-refractivity contribution in [2.45, 2.75) is 81.8 Å². The van der Waals surface area contributed by atoms with E-state index in [0.717, 1.165) is 99.9 Å². The zero-order chi connectivity index (χ0) is 42.6. The molecule has 6 aliphatic heterocycles. The molecule has 0 aromatic heterocycles. The fourth-order valence-corrected chi connectivity index (χ4v) is 10.2. The maximum absolute atomic E-state index is 13.8. The minimum Gasteiger partial charge on any atom is -0.490 e. The molecule has 6 aliphatic rings. The highest BCUT2D eigenvalue weighted by atomic mass is 19.4. The van der Waals surface area contributed by atoms with Gasteiger partial charge in [-0.1, -0.05) is 0 Å². The number of piperazine rings is 1. The summed E-state index contributed by atoms with van der Waals surface area (Å²) >= 11 is 0. The van der Waals surface area contributed by atoms with Crippen LogP contribution in [-0.4, -0.2) is 114 Å². The number of ether oxygens (including phenoxy) is 1. The third kappa shape index (κ3) is 7.91. The van der Waals surface area contributed by atoms with Crippen molar-refractivity contribution < 1.29 is 41.9 Å². The van der Waals surface area contributed by atoms with E-state index in [2.05, 4.69) is 20.0 Å². The standard InChI is InChI=1S/C45H46F3N7O6/c46-45(47,48)38-24-34(9-3-29(38)25-49)61-35-21-32-6-7-33(22-35)54(32)42(58)28-1-4-30(5-2-28)53-19-17-51(18-20-53)26-27-13-15-52(16-14-27)31-8-10-36-37(23-31)44(60)55(43(36)59)39-11-12-40(56)50-41(39)57/h1-5,8-10,23-24,27,32-33,35,39H,6-7,11-22,26H2,(H,50,56,57)/t32-,33+,35+,39?. The predicted molar refractivity (Wildman–Crippen MR) is 216 cm³/mol. The summed E-state index contributed by atoms with van der Waals surface area (Å²) < 4.78 is 46.6. The van der Waals surface area contributed by atoms with Gasteiger partial charge in [0, 0.05) is 94.1 Å². The number of nitriles is 1. The van der Waals surface area contributed by atoms with Crippen LogP contribution in [0.2, 0.25) is 0 Å². The quantitative estimate of drug-likeness (QED) is 0.300. The molecule has 0 aliphatic carbocycles. The van der Waals surface area contributed by atoms with Crippen LogP contribution in [0.3, 0.4) is 0 Å². The Labute approximate surface area is 351 Å². The number of halogens is 3. The lowest BCUT2D eigenvalue weighted by Gasteiger charge is -2.40. The molecule has 3 aromatic rings. The number of alkyl halides is 3. The molecule has 0 radical (unpaired) electrons. The first-order valence-electron chi connectivity index (χ1n) is 21.1. The molecule has 16 heteroatoms. The van der Waals surface area contributed by atoms with Crippen LogP contribution in [0.15, 0.2) is 60.7 Å². The Bertz CT molecular complexity index is 2280. The van der Waals surface area contributed by atoms with Crippen LogP contribution in [0, 0.1) is 17.2 Å². The molecule has 6 heterocycles. The van der Waals surface area contributed by atoms with Gasteiger partial charge in [-0.05, 0) is 98.7 Å². The fourth-order valence-electron chi connectivity index (χ4n) is 10.2. The van der Waals surface area contributed by atoms with E-state index >= 15 is 0 Å². The second kappa shape index (κ2) is 16.2. The van der Waals surface area contributed by atoms with Crippen LogP contribution in [0.1, 0.15) is 93.6 Å². The molecule has 1 unspecified atom stereocenters. The molecule has 0 spiro atoms. The number of nitrogens with one attached hydrogen (secondary N) is 1. The minimum atomic E-state index is -4.66. The highest BCUT2D eigenvalue weighted by Crippen LogP contribution is 2.40. The molecule has 4 atom stereocenters. The second-order valence-electron chi connectivity index (χ2n) is 17.1. The van der Waals surface area contributed by atoms with Gasteiger partial charge in [0.2, 0.25) is 11.8 Å². The number of benzene rings is 3. The van der Waals surface area contributed by atoms with Crippen LogP contribution >= 0.6 is 0 Å². The van der Waals surface area contributed by atoms with Crippen LogP contribution in [0.25, 0.3) is 0 Å². The van der Waals surface area contributed by atoms with E-state index in [1.807, 2.05) is 35.2 Å². The van der Waals surface area contributed by atoms with Crippen LogP contribution in [0.4, 0.5) is 24.5 Å². The topological polar surface area (TPSA) is 147 Å². The number of carbonyl (C=O) groups is 5. The molecule has 5 amide bonds. The third-order valence-corrected chi connectivity index (χ3v) is 13.4. The fraction of sp³-hybridized carbons (Fsp3) is 0.467. The van der Waals surface area contributed by atoms with E-state index in [1.54, 1.807) is 18.2 Å². The molecule has 1 N–H and O–H groups in total. The van der Waals surface area contributed by atoms with E-state index in [-0.39, 0.29) is 48.2 Å². The number of piperidine rings is 3. The largest absolute Gasteiger partial charge is 0.490 e. The first-order chi connectivity index (χ1) is 29.3. The number of rotatable bonds is 8. The Morgan fingerprint density at radius 3 is 2.08 bits per heavy atom. The van der Waals surface area contributed by atoms with Gasteiger partial charge in [0.15, 0.2) is 0 Å². The average Bonchev–Trinajstić information content (AvgIpc) is 3.67. The summed E-state index contributed by atoms with van der Waals surface area (Å²) in [6.45, 7) is 6.23. The SMILES string of the molecule is N#Cc1ccc(O[C@H]2C[C@H]3CC[C@@H](C2)N3C(=O)c2ccc(N3CCN(CC4CCN(c5ccc6c(c5)C(=O)N(C5CCC(=O)NC5=O)C6=O)CC4)CC3)cc2)cc1C(F)(F)F. The minimum absolute atomic E-state index is 0.0396. The average molecular weight is 838 g/mol. The molecule has 5 fully saturated rings. The number of hydrogen-bond donors (Lipinski definition) is 1. The van der Waals surface area contributed by atoms with Gasteiger partial charge in [-0.15, -0.1) is 0 Å². The van der Waals surface area contributed by atoms with E-state index in [9.17, 15) is 37.1 Å². The molecule has 3 aromatic carbocycles.